The third-order valence-corrected chi connectivity index (χ3v) is 8.87. The van der Waals surface area contributed by atoms with Crippen molar-refractivity contribution in [1.82, 2.24) is 24.6 Å². The van der Waals surface area contributed by atoms with Crippen molar-refractivity contribution in [2.45, 2.75) is 38.3 Å². The van der Waals surface area contributed by atoms with Crippen molar-refractivity contribution in [1.29, 1.82) is 0 Å². The summed E-state index contributed by atoms with van der Waals surface area (Å²) in [7, 11) is 0. The van der Waals surface area contributed by atoms with Crippen molar-refractivity contribution in [2.75, 3.05) is 32.1 Å². The van der Waals surface area contributed by atoms with E-state index in [1.165, 1.54) is 29.2 Å². The van der Waals surface area contributed by atoms with E-state index in [9.17, 15) is 18.7 Å². The van der Waals surface area contributed by atoms with Gasteiger partial charge in [0, 0.05) is 42.8 Å². The number of carbonyl (C=O) groups is 1. The number of pyridine rings is 1. The van der Waals surface area contributed by atoms with Gasteiger partial charge in [-0.1, -0.05) is 12.1 Å². The number of nitrogen functional groups attached to an aromatic ring is 1. The monoisotopic (exact) mass is 614 g/mol. The van der Waals surface area contributed by atoms with Crippen molar-refractivity contribution in [3.05, 3.63) is 94.4 Å². The first-order valence-corrected chi connectivity index (χ1v) is 14.9. The van der Waals surface area contributed by atoms with Gasteiger partial charge in [0.15, 0.2) is 11.6 Å². The van der Waals surface area contributed by atoms with Crippen LogP contribution >= 0.6 is 0 Å². The van der Waals surface area contributed by atoms with Crippen LogP contribution in [0.2, 0.25) is 0 Å². The van der Waals surface area contributed by atoms with E-state index in [0.29, 0.717) is 23.0 Å². The molecule has 2 aliphatic rings. The maximum atomic E-state index is 14.0. The van der Waals surface area contributed by atoms with Crippen LogP contribution in [0.5, 0.6) is 11.6 Å². The van der Waals surface area contributed by atoms with Gasteiger partial charge in [-0.25, -0.2) is 18.4 Å². The molecule has 5 aromatic rings. The van der Waals surface area contributed by atoms with Crippen LogP contribution in [0.4, 0.5) is 14.6 Å². The predicted molar refractivity (Wildman–Crippen MR) is 163 cm³/mol. The van der Waals surface area contributed by atoms with Crippen LogP contribution < -0.4 is 10.5 Å². The number of rotatable bonds is 7. The van der Waals surface area contributed by atoms with Crippen LogP contribution in [0.1, 0.15) is 51.6 Å². The quantitative estimate of drug-likeness (QED) is 0.218. The first-order chi connectivity index (χ1) is 21.8. The Hall–Kier alpha value is -4.65. The summed E-state index contributed by atoms with van der Waals surface area (Å²) in [6, 6.07) is 11.1. The van der Waals surface area contributed by atoms with Gasteiger partial charge in [0.25, 0.3) is 0 Å². The number of fused-ring (bicyclic) bond motifs is 3. The summed E-state index contributed by atoms with van der Waals surface area (Å²) in [5.41, 5.74) is 11.2. The zero-order valence-corrected chi connectivity index (χ0v) is 24.6. The van der Waals surface area contributed by atoms with Gasteiger partial charge in [0.05, 0.1) is 42.0 Å². The number of aryl methyl sites for hydroxylation is 1. The Bertz CT molecular complexity index is 1890. The SMILES string of the molecule is Cc1cc(Oc2c(F)cccc2F)ncc1-n1ncc(C(=O)c2cc3c4c(ccc3[nH]2)C(CO)N(C2CCOCC2)CC4)c1N. The number of aromatic amines is 1. The van der Waals surface area contributed by atoms with Crippen LogP contribution in [-0.2, 0) is 11.2 Å². The highest BCUT2D eigenvalue weighted by atomic mass is 19.1. The number of H-pyrrole nitrogens is 1. The van der Waals surface area contributed by atoms with Crippen molar-refractivity contribution in [3.8, 4) is 17.3 Å². The number of nitrogens with two attached hydrogens (primary N) is 1. The largest absolute Gasteiger partial charge is 0.433 e. The van der Waals surface area contributed by atoms with Gasteiger partial charge >= 0.3 is 0 Å². The molecule has 1 unspecified atom stereocenters. The molecule has 2 aromatic carbocycles. The molecule has 12 heteroatoms. The number of ether oxygens (including phenoxy) is 2. The molecule has 2 aliphatic heterocycles. The van der Waals surface area contributed by atoms with Crippen molar-refractivity contribution >= 4 is 22.5 Å². The summed E-state index contributed by atoms with van der Waals surface area (Å²) < 4.78 is 40.4. The summed E-state index contributed by atoms with van der Waals surface area (Å²) >= 11 is 0. The summed E-state index contributed by atoms with van der Waals surface area (Å²) in [5, 5.41) is 15.7. The van der Waals surface area contributed by atoms with Gasteiger partial charge < -0.3 is 25.3 Å². The Labute approximate surface area is 257 Å². The standard InChI is InChI=1S/C33H32F2N6O4/c1-18-13-30(45-32-24(34)3-2-4-25(32)35)37-16-28(18)41-33(36)23(15-38-41)31(43)27-14-22-20-7-10-40(19-8-11-44-12-9-19)29(17-42)21(20)5-6-26(22)39-27/h2-6,13-16,19,29,39,42H,7-12,17,36H2,1H3. The first kappa shape index (κ1) is 29.1. The fourth-order valence-electron chi connectivity index (χ4n) is 6.58. The zero-order valence-electron chi connectivity index (χ0n) is 24.6. The van der Waals surface area contributed by atoms with Crippen LogP contribution in [0.25, 0.3) is 16.6 Å². The summed E-state index contributed by atoms with van der Waals surface area (Å²) in [5.74, 6) is -2.45. The molecule has 7 rings (SSSR count). The molecule has 3 aromatic heterocycles. The van der Waals surface area contributed by atoms with Crippen molar-refractivity contribution in [2.24, 2.45) is 0 Å². The molecule has 0 saturated carbocycles. The molecule has 0 radical (unpaired) electrons. The van der Waals surface area contributed by atoms with Gasteiger partial charge in [-0.2, -0.15) is 5.10 Å². The van der Waals surface area contributed by atoms with Gasteiger partial charge in [0.2, 0.25) is 17.4 Å². The molecule has 10 nitrogen and oxygen atoms in total. The number of benzene rings is 2. The number of halogens is 2. The molecule has 0 bridgehead atoms. The third-order valence-electron chi connectivity index (χ3n) is 8.87. The third kappa shape index (κ3) is 5.14. The highest BCUT2D eigenvalue weighted by Crippen LogP contribution is 2.38. The maximum Gasteiger partial charge on any atom is 0.219 e. The smallest absolute Gasteiger partial charge is 0.219 e. The van der Waals surface area contributed by atoms with Crippen molar-refractivity contribution in [3.63, 3.8) is 0 Å². The van der Waals surface area contributed by atoms with E-state index >= 15 is 0 Å². The van der Waals surface area contributed by atoms with E-state index in [1.807, 2.05) is 18.2 Å². The van der Waals surface area contributed by atoms with Gasteiger partial charge in [-0.05, 0) is 67.1 Å². The number of hydrogen-bond acceptors (Lipinski definition) is 8. The Morgan fingerprint density at radius 1 is 1.16 bits per heavy atom. The molecular formula is C33H32F2N6O4. The number of hydrogen-bond donors (Lipinski definition) is 3. The molecule has 1 atom stereocenters. The molecule has 4 N–H and O–H groups in total. The Kier molecular flexibility index (Phi) is 7.56. The number of carbonyl (C=O) groups excluding carboxylic acids is 1. The van der Waals surface area contributed by atoms with E-state index in [-0.39, 0.29) is 35.7 Å². The fourth-order valence-corrected chi connectivity index (χ4v) is 6.58. The molecule has 5 heterocycles. The number of ketones is 1. The molecule has 232 valence electrons. The van der Waals surface area contributed by atoms with Gasteiger partial charge in [0.1, 0.15) is 5.82 Å². The average molecular weight is 615 g/mol. The molecule has 0 aliphatic carbocycles. The summed E-state index contributed by atoms with van der Waals surface area (Å²) in [6.07, 6.45) is 5.53. The Balaban J connectivity index is 1.15. The van der Waals surface area contributed by atoms with Gasteiger partial charge in [-0.15, -0.1) is 0 Å². The lowest BCUT2D eigenvalue weighted by molar-refractivity contribution is 0.0000253. The second-order valence-electron chi connectivity index (χ2n) is 11.5. The Morgan fingerprint density at radius 3 is 2.67 bits per heavy atom. The highest BCUT2D eigenvalue weighted by Gasteiger charge is 2.34. The second kappa shape index (κ2) is 11.7. The average Bonchev–Trinajstić information content (AvgIpc) is 3.66. The van der Waals surface area contributed by atoms with Crippen molar-refractivity contribution < 1.29 is 28.2 Å². The molecule has 1 saturated heterocycles. The summed E-state index contributed by atoms with van der Waals surface area (Å²) in [6.45, 7) is 4.06. The predicted octanol–water partition coefficient (Wildman–Crippen LogP) is 5.01. The van der Waals surface area contributed by atoms with Crippen LogP contribution in [0, 0.1) is 18.6 Å². The number of nitrogens with zero attached hydrogens (tertiary/aromatic N) is 4. The van der Waals surface area contributed by atoms with E-state index < -0.39 is 17.4 Å². The zero-order chi connectivity index (χ0) is 31.2. The lowest BCUT2D eigenvalue weighted by Crippen LogP contribution is -2.46. The molecule has 45 heavy (non-hydrogen) atoms. The van der Waals surface area contributed by atoms with E-state index in [4.69, 9.17) is 15.2 Å². The first-order valence-electron chi connectivity index (χ1n) is 14.9. The normalized spacial score (nSPS) is 17.5. The minimum Gasteiger partial charge on any atom is -0.433 e. The number of aromatic nitrogens is 4. The number of nitrogens with one attached hydrogen (secondary N) is 1. The topological polar surface area (TPSA) is 132 Å². The number of para-hydroxylation sites is 1. The molecule has 0 spiro atoms. The lowest BCUT2D eigenvalue weighted by Gasteiger charge is -2.43. The fraction of sp³-hybridized carbons (Fsp3) is 0.303. The molecular weight excluding hydrogens is 582 g/mol. The van der Waals surface area contributed by atoms with Gasteiger partial charge in [-0.3, -0.25) is 9.69 Å². The maximum absolute atomic E-state index is 14.0. The number of aliphatic hydroxyl groups is 1. The van der Waals surface area contributed by atoms with Crippen LogP contribution in [0.3, 0.4) is 0 Å². The Morgan fingerprint density at radius 2 is 1.93 bits per heavy atom. The number of aliphatic hydroxyl groups excluding tert-OH is 1. The van der Waals surface area contributed by atoms with E-state index in [0.717, 1.165) is 73.2 Å². The minimum absolute atomic E-state index is 0.0111. The lowest BCUT2D eigenvalue weighted by atomic mass is 9.88. The molecule has 0 amide bonds. The highest BCUT2D eigenvalue weighted by molar-refractivity contribution is 6.12. The van der Waals surface area contributed by atoms with E-state index in [1.54, 1.807) is 6.92 Å². The number of anilines is 1. The summed E-state index contributed by atoms with van der Waals surface area (Å²) in [4.78, 5) is 23.5. The van der Waals surface area contributed by atoms with Crippen LogP contribution in [0.15, 0.2) is 54.9 Å². The minimum atomic E-state index is -0.847. The van der Waals surface area contributed by atoms with Crippen LogP contribution in [-0.4, -0.2) is 67.9 Å². The molecule has 1 fully saturated rings. The van der Waals surface area contributed by atoms with E-state index in [2.05, 4.69) is 20.0 Å². The second-order valence-corrected chi connectivity index (χ2v) is 11.5.